The molecule has 0 saturated heterocycles. The Morgan fingerprint density at radius 3 is 2.72 bits per heavy atom. The van der Waals surface area contributed by atoms with Crippen LogP contribution in [0.4, 0.5) is 10.1 Å². The molecule has 1 amide bonds. The molecule has 1 heterocycles. The standard InChI is InChI=1S/C17H13ClFN3O3/c1-9-2-4-11(7-12(9)18)20-15(23)8-22-14-5-3-10(19)6-13(14)21-16(24)17(22)25/h2-7H,8H2,1H3,(H,20,23)(H,21,24). The first-order valence-electron chi connectivity index (χ1n) is 7.33. The first-order valence-corrected chi connectivity index (χ1v) is 7.71. The summed E-state index contributed by atoms with van der Waals surface area (Å²) in [5, 5.41) is 3.10. The maximum atomic E-state index is 13.3. The number of aromatic nitrogens is 2. The molecule has 0 aliphatic carbocycles. The molecule has 0 spiro atoms. The molecule has 25 heavy (non-hydrogen) atoms. The van der Waals surface area contributed by atoms with Gasteiger partial charge >= 0.3 is 11.1 Å². The van der Waals surface area contributed by atoms with Crippen LogP contribution in [-0.2, 0) is 11.3 Å². The summed E-state index contributed by atoms with van der Waals surface area (Å²) in [5.41, 5.74) is -0.105. The van der Waals surface area contributed by atoms with Crippen molar-refractivity contribution in [2.75, 3.05) is 5.32 Å². The molecule has 3 aromatic rings. The van der Waals surface area contributed by atoms with Gasteiger partial charge in [-0.3, -0.25) is 19.0 Å². The van der Waals surface area contributed by atoms with Crippen molar-refractivity contribution >= 4 is 34.2 Å². The molecule has 8 heteroatoms. The van der Waals surface area contributed by atoms with Crippen molar-refractivity contribution in [1.29, 1.82) is 0 Å². The maximum Gasteiger partial charge on any atom is 0.317 e. The van der Waals surface area contributed by atoms with Gasteiger partial charge in [-0.25, -0.2) is 4.39 Å². The van der Waals surface area contributed by atoms with Gasteiger partial charge < -0.3 is 10.3 Å². The zero-order chi connectivity index (χ0) is 18.1. The van der Waals surface area contributed by atoms with Gasteiger partial charge in [0.05, 0.1) is 11.0 Å². The fraction of sp³-hybridized carbons (Fsp3) is 0.118. The fourth-order valence-electron chi connectivity index (χ4n) is 2.42. The van der Waals surface area contributed by atoms with Crippen LogP contribution in [0.15, 0.2) is 46.0 Å². The lowest BCUT2D eigenvalue weighted by Gasteiger charge is -2.11. The van der Waals surface area contributed by atoms with Crippen LogP contribution in [0.25, 0.3) is 11.0 Å². The van der Waals surface area contributed by atoms with Crippen LogP contribution >= 0.6 is 11.6 Å². The highest BCUT2D eigenvalue weighted by molar-refractivity contribution is 6.31. The number of nitrogens with zero attached hydrogens (tertiary/aromatic N) is 1. The Morgan fingerprint density at radius 1 is 1.24 bits per heavy atom. The fourth-order valence-corrected chi connectivity index (χ4v) is 2.60. The van der Waals surface area contributed by atoms with Gasteiger partial charge in [-0.15, -0.1) is 0 Å². The second-order valence-electron chi connectivity index (χ2n) is 5.52. The Balaban J connectivity index is 1.95. The highest BCUT2D eigenvalue weighted by Crippen LogP contribution is 2.20. The second-order valence-corrected chi connectivity index (χ2v) is 5.93. The molecule has 3 rings (SSSR count). The summed E-state index contributed by atoms with van der Waals surface area (Å²) < 4.78 is 14.3. The van der Waals surface area contributed by atoms with E-state index in [2.05, 4.69) is 10.3 Å². The Kier molecular flexibility index (Phi) is 4.41. The summed E-state index contributed by atoms with van der Waals surface area (Å²) in [5.74, 6) is -1.08. The zero-order valence-electron chi connectivity index (χ0n) is 13.1. The lowest BCUT2D eigenvalue weighted by Crippen LogP contribution is -2.38. The minimum atomic E-state index is -0.927. The van der Waals surface area contributed by atoms with Crippen molar-refractivity contribution in [3.8, 4) is 0 Å². The van der Waals surface area contributed by atoms with Crippen molar-refractivity contribution in [2.45, 2.75) is 13.5 Å². The van der Waals surface area contributed by atoms with Gasteiger partial charge in [0.15, 0.2) is 0 Å². The smallest absolute Gasteiger partial charge is 0.317 e. The lowest BCUT2D eigenvalue weighted by molar-refractivity contribution is -0.116. The van der Waals surface area contributed by atoms with Gasteiger partial charge in [-0.05, 0) is 42.8 Å². The van der Waals surface area contributed by atoms with Gasteiger partial charge in [-0.2, -0.15) is 0 Å². The highest BCUT2D eigenvalue weighted by atomic mass is 35.5. The molecule has 0 unspecified atom stereocenters. The molecule has 0 atom stereocenters. The van der Waals surface area contributed by atoms with Crippen molar-refractivity contribution < 1.29 is 9.18 Å². The summed E-state index contributed by atoms with van der Waals surface area (Å²) in [6.45, 7) is 1.44. The predicted octanol–water partition coefficient (Wildman–Crippen LogP) is 2.43. The van der Waals surface area contributed by atoms with Crippen LogP contribution in [0, 0.1) is 12.7 Å². The quantitative estimate of drug-likeness (QED) is 0.703. The van der Waals surface area contributed by atoms with E-state index in [-0.39, 0.29) is 11.0 Å². The van der Waals surface area contributed by atoms with E-state index in [0.717, 1.165) is 22.3 Å². The average molecular weight is 362 g/mol. The number of carbonyl (C=O) groups excluding carboxylic acids is 1. The van der Waals surface area contributed by atoms with E-state index in [1.807, 2.05) is 6.92 Å². The number of H-pyrrole nitrogens is 1. The van der Waals surface area contributed by atoms with Gasteiger partial charge in [0.25, 0.3) is 0 Å². The van der Waals surface area contributed by atoms with Crippen LogP contribution in [0.1, 0.15) is 5.56 Å². The number of aromatic amines is 1. The van der Waals surface area contributed by atoms with Crippen LogP contribution < -0.4 is 16.4 Å². The van der Waals surface area contributed by atoms with Gasteiger partial charge in [0.2, 0.25) is 5.91 Å². The van der Waals surface area contributed by atoms with E-state index in [9.17, 15) is 18.8 Å². The van der Waals surface area contributed by atoms with E-state index in [1.165, 1.54) is 6.07 Å². The molecular weight excluding hydrogens is 349 g/mol. The number of benzene rings is 2. The summed E-state index contributed by atoms with van der Waals surface area (Å²) in [7, 11) is 0. The number of hydrogen-bond acceptors (Lipinski definition) is 3. The third-order valence-electron chi connectivity index (χ3n) is 3.69. The van der Waals surface area contributed by atoms with Gasteiger partial charge in [0.1, 0.15) is 12.4 Å². The molecule has 0 saturated carbocycles. The molecule has 1 aromatic heterocycles. The third kappa shape index (κ3) is 3.46. The van der Waals surface area contributed by atoms with Crippen LogP contribution in [0.2, 0.25) is 5.02 Å². The minimum absolute atomic E-state index is 0.135. The molecule has 0 bridgehead atoms. The van der Waals surface area contributed by atoms with Crippen LogP contribution in [0.3, 0.4) is 0 Å². The summed E-state index contributed by atoms with van der Waals surface area (Å²) in [6, 6.07) is 8.57. The van der Waals surface area contributed by atoms with Crippen LogP contribution in [-0.4, -0.2) is 15.5 Å². The van der Waals surface area contributed by atoms with Gasteiger partial charge in [-0.1, -0.05) is 17.7 Å². The Hall–Kier alpha value is -2.93. The topological polar surface area (TPSA) is 84.0 Å². The Morgan fingerprint density at radius 2 is 2.00 bits per heavy atom. The summed E-state index contributed by atoms with van der Waals surface area (Å²) in [4.78, 5) is 38.4. The molecule has 0 fully saturated rings. The van der Waals surface area contributed by atoms with Crippen LogP contribution in [0.5, 0.6) is 0 Å². The molecule has 128 valence electrons. The number of amides is 1. The number of rotatable bonds is 3. The largest absolute Gasteiger partial charge is 0.324 e. The molecule has 0 aliphatic heterocycles. The van der Waals surface area contributed by atoms with E-state index >= 15 is 0 Å². The Bertz CT molecular complexity index is 1100. The lowest BCUT2D eigenvalue weighted by atomic mass is 10.2. The second kappa shape index (κ2) is 6.52. The number of hydrogen-bond donors (Lipinski definition) is 2. The first kappa shape index (κ1) is 16.9. The molecule has 2 aromatic carbocycles. The van der Waals surface area contributed by atoms with E-state index in [0.29, 0.717) is 10.7 Å². The zero-order valence-corrected chi connectivity index (χ0v) is 13.9. The number of halogens is 2. The average Bonchev–Trinajstić information content (AvgIpc) is 2.55. The van der Waals surface area contributed by atoms with Crippen molar-refractivity contribution in [3.05, 3.63) is 73.5 Å². The molecule has 2 N–H and O–H groups in total. The molecular formula is C17H13ClFN3O3. The van der Waals surface area contributed by atoms with Gasteiger partial charge in [0, 0.05) is 10.7 Å². The van der Waals surface area contributed by atoms with Crippen molar-refractivity contribution in [3.63, 3.8) is 0 Å². The number of nitrogens with one attached hydrogen (secondary N) is 2. The first-order chi connectivity index (χ1) is 11.8. The highest BCUT2D eigenvalue weighted by Gasteiger charge is 2.12. The number of anilines is 1. The normalized spacial score (nSPS) is 10.8. The molecule has 0 radical (unpaired) electrons. The predicted molar refractivity (Wildman–Crippen MR) is 93.6 cm³/mol. The van der Waals surface area contributed by atoms with Crippen molar-refractivity contribution in [2.24, 2.45) is 0 Å². The minimum Gasteiger partial charge on any atom is -0.324 e. The van der Waals surface area contributed by atoms with Crippen molar-refractivity contribution in [1.82, 2.24) is 9.55 Å². The Labute approximate surface area is 145 Å². The SMILES string of the molecule is Cc1ccc(NC(=O)Cn2c(=O)c(=O)[nH]c3cc(F)ccc32)cc1Cl. The summed E-state index contributed by atoms with van der Waals surface area (Å²) >= 11 is 6.01. The number of aryl methyl sites for hydroxylation is 1. The summed E-state index contributed by atoms with van der Waals surface area (Å²) in [6.07, 6.45) is 0. The maximum absolute atomic E-state index is 13.3. The third-order valence-corrected chi connectivity index (χ3v) is 4.10. The van der Waals surface area contributed by atoms with E-state index < -0.39 is 29.4 Å². The van der Waals surface area contributed by atoms with E-state index in [1.54, 1.807) is 18.2 Å². The number of carbonyl (C=O) groups is 1. The molecule has 0 aliphatic rings. The number of fused-ring (bicyclic) bond motifs is 1. The molecule has 6 nitrogen and oxygen atoms in total. The monoisotopic (exact) mass is 361 g/mol. The van der Waals surface area contributed by atoms with E-state index in [4.69, 9.17) is 11.6 Å².